The van der Waals surface area contributed by atoms with Crippen molar-refractivity contribution >= 4 is 27.8 Å². The molecule has 1 aromatic heterocycles. The highest BCUT2D eigenvalue weighted by molar-refractivity contribution is 6.67. The number of fused-ring (bicyclic) bond motifs is 1. The van der Waals surface area contributed by atoms with E-state index in [4.69, 9.17) is 16.0 Å². The van der Waals surface area contributed by atoms with Crippen LogP contribution in [0.3, 0.4) is 0 Å². The van der Waals surface area contributed by atoms with Crippen LogP contribution >= 0.6 is 11.6 Å². The van der Waals surface area contributed by atoms with Crippen molar-refractivity contribution < 1.29 is 9.21 Å². The van der Waals surface area contributed by atoms with E-state index in [1.54, 1.807) is 42.5 Å². The Morgan fingerprint density at radius 1 is 1.00 bits per heavy atom. The zero-order valence-corrected chi connectivity index (χ0v) is 11.1. The molecule has 3 rings (SSSR count). The predicted octanol–water partition coefficient (Wildman–Crippen LogP) is 3.84. The van der Waals surface area contributed by atoms with Gasteiger partial charge >= 0.3 is 5.63 Å². The van der Waals surface area contributed by atoms with Gasteiger partial charge in [-0.2, -0.15) is 0 Å². The van der Waals surface area contributed by atoms with Crippen molar-refractivity contribution in [1.29, 1.82) is 0 Å². The summed E-state index contributed by atoms with van der Waals surface area (Å²) in [5.74, 6) is 0. The highest BCUT2D eigenvalue weighted by Gasteiger charge is 2.09. The van der Waals surface area contributed by atoms with Gasteiger partial charge in [0.25, 0.3) is 5.24 Å². The lowest BCUT2D eigenvalue weighted by atomic mass is 10.0. The summed E-state index contributed by atoms with van der Waals surface area (Å²) in [7, 11) is 0. The average molecular weight is 285 g/mol. The maximum absolute atomic E-state index is 12.0. The maximum atomic E-state index is 12.0. The number of halogens is 1. The Morgan fingerprint density at radius 2 is 1.80 bits per heavy atom. The number of hydrogen-bond acceptors (Lipinski definition) is 3. The van der Waals surface area contributed by atoms with Crippen molar-refractivity contribution in [1.82, 2.24) is 0 Å². The van der Waals surface area contributed by atoms with Gasteiger partial charge in [-0.3, -0.25) is 4.79 Å². The van der Waals surface area contributed by atoms with Crippen molar-refractivity contribution in [3.8, 4) is 11.1 Å². The number of hydrogen-bond donors (Lipinski definition) is 0. The summed E-state index contributed by atoms with van der Waals surface area (Å²) >= 11 is 5.46. The van der Waals surface area contributed by atoms with Crippen LogP contribution in [0.5, 0.6) is 0 Å². The summed E-state index contributed by atoms with van der Waals surface area (Å²) in [6, 6.07) is 15.6. The fourth-order valence-corrected chi connectivity index (χ4v) is 2.19. The smallest absolute Gasteiger partial charge is 0.344 e. The molecule has 4 heteroatoms. The molecule has 0 aliphatic heterocycles. The Hall–Kier alpha value is -2.39. The van der Waals surface area contributed by atoms with Crippen LogP contribution in [-0.4, -0.2) is 5.24 Å². The number of rotatable bonds is 2. The van der Waals surface area contributed by atoms with Gasteiger partial charge in [0, 0.05) is 10.9 Å². The van der Waals surface area contributed by atoms with Gasteiger partial charge in [0.1, 0.15) is 5.58 Å². The molecule has 0 amide bonds. The van der Waals surface area contributed by atoms with E-state index < -0.39 is 10.9 Å². The lowest BCUT2D eigenvalue weighted by Crippen LogP contribution is -2.03. The summed E-state index contributed by atoms with van der Waals surface area (Å²) in [4.78, 5) is 23.2. The minimum atomic E-state index is -0.558. The fourth-order valence-electron chi connectivity index (χ4n) is 2.07. The normalized spacial score (nSPS) is 10.7. The Balaban J connectivity index is 2.24. The molecule has 3 nitrogen and oxygen atoms in total. The molecule has 0 bridgehead atoms. The standard InChI is InChI=1S/C16H9ClO3/c17-15(18)12-6-3-5-10(8-12)13-9-11-4-1-2-7-14(11)20-16(13)19/h1-9H. The van der Waals surface area contributed by atoms with E-state index in [0.29, 0.717) is 22.3 Å². The molecule has 3 aromatic rings. The van der Waals surface area contributed by atoms with Crippen molar-refractivity contribution in [3.05, 3.63) is 70.6 Å². The SMILES string of the molecule is O=C(Cl)c1cccc(-c2cc3ccccc3oc2=O)c1. The van der Waals surface area contributed by atoms with Crippen LogP contribution in [0.15, 0.2) is 63.8 Å². The zero-order chi connectivity index (χ0) is 14.1. The Morgan fingerprint density at radius 3 is 2.60 bits per heavy atom. The highest BCUT2D eigenvalue weighted by Crippen LogP contribution is 2.22. The van der Waals surface area contributed by atoms with Crippen LogP contribution < -0.4 is 5.63 Å². The number of para-hydroxylation sites is 1. The lowest BCUT2D eigenvalue weighted by Gasteiger charge is -2.03. The minimum Gasteiger partial charge on any atom is -0.422 e. The largest absolute Gasteiger partial charge is 0.422 e. The molecule has 0 unspecified atom stereocenters. The first-order chi connectivity index (χ1) is 9.65. The van der Waals surface area contributed by atoms with E-state index in [0.717, 1.165) is 5.39 Å². The van der Waals surface area contributed by atoms with Crippen LogP contribution in [-0.2, 0) is 0 Å². The molecule has 2 aromatic carbocycles. The molecule has 1 heterocycles. The van der Waals surface area contributed by atoms with Gasteiger partial charge in [-0.15, -0.1) is 0 Å². The van der Waals surface area contributed by atoms with Crippen molar-refractivity contribution in [2.45, 2.75) is 0 Å². The molecule has 20 heavy (non-hydrogen) atoms. The molecule has 0 saturated carbocycles. The first-order valence-electron chi connectivity index (χ1n) is 5.98. The van der Waals surface area contributed by atoms with Gasteiger partial charge in [0.15, 0.2) is 0 Å². The van der Waals surface area contributed by atoms with E-state index in [-0.39, 0.29) is 0 Å². The second kappa shape index (κ2) is 4.94. The third kappa shape index (κ3) is 2.24. The minimum absolute atomic E-state index is 0.344. The van der Waals surface area contributed by atoms with Crippen LogP contribution in [0.2, 0.25) is 0 Å². The van der Waals surface area contributed by atoms with E-state index >= 15 is 0 Å². The van der Waals surface area contributed by atoms with E-state index in [1.165, 1.54) is 0 Å². The second-order valence-corrected chi connectivity index (χ2v) is 4.68. The zero-order valence-electron chi connectivity index (χ0n) is 10.3. The molecule has 0 atom stereocenters. The monoisotopic (exact) mass is 284 g/mol. The Labute approximate surface area is 119 Å². The molecule has 0 fully saturated rings. The van der Waals surface area contributed by atoms with Crippen LogP contribution in [0.25, 0.3) is 22.1 Å². The molecule has 98 valence electrons. The van der Waals surface area contributed by atoms with Crippen LogP contribution in [0.1, 0.15) is 10.4 Å². The Bertz CT molecular complexity index is 865. The van der Waals surface area contributed by atoms with Gasteiger partial charge in [-0.1, -0.05) is 36.4 Å². The quantitative estimate of drug-likeness (QED) is 0.530. The summed E-state index contributed by atoms with van der Waals surface area (Å²) < 4.78 is 5.27. The molecular weight excluding hydrogens is 276 g/mol. The molecular formula is C16H9ClO3. The van der Waals surface area contributed by atoms with Crippen molar-refractivity contribution in [2.75, 3.05) is 0 Å². The molecule has 0 radical (unpaired) electrons. The lowest BCUT2D eigenvalue weighted by molar-refractivity contribution is 0.108. The highest BCUT2D eigenvalue weighted by atomic mass is 35.5. The number of benzene rings is 2. The molecule has 0 aliphatic rings. The molecule has 0 saturated heterocycles. The summed E-state index contributed by atoms with van der Waals surface area (Å²) in [6.07, 6.45) is 0. The second-order valence-electron chi connectivity index (χ2n) is 4.34. The number of carbonyl (C=O) groups is 1. The molecule has 0 N–H and O–H groups in total. The van der Waals surface area contributed by atoms with Gasteiger partial charge in [-0.25, -0.2) is 4.79 Å². The first-order valence-corrected chi connectivity index (χ1v) is 6.36. The summed E-state index contributed by atoms with van der Waals surface area (Å²) in [5.41, 5.74) is 1.45. The first kappa shape index (κ1) is 12.6. The topological polar surface area (TPSA) is 47.3 Å². The average Bonchev–Trinajstić information content (AvgIpc) is 2.46. The predicted molar refractivity (Wildman–Crippen MR) is 78.1 cm³/mol. The summed E-state index contributed by atoms with van der Waals surface area (Å²) in [6.45, 7) is 0. The van der Waals surface area contributed by atoms with Crippen molar-refractivity contribution in [2.24, 2.45) is 0 Å². The fraction of sp³-hybridized carbons (Fsp3) is 0. The van der Waals surface area contributed by atoms with Gasteiger partial charge in [0.05, 0.1) is 5.56 Å². The van der Waals surface area contributed by atoms with Gasteiger partial charge in [-0.05, 0) is 35.4 Å². The van der Waals surface area contributed by atoms with Crippen LogP contribution in [0.4, 0.5) is 0 Å². The molecule has 0 aliphatic carbocycles. The summed E-state index contributed by atoms with van der Waals surface area (Å²) in [5, 5.41) is 0.265. The Kier molecular flexibility index (Phi) is 3.12. The van der Waals surface area contributed by atoms with E-state index in [2.05, 4.69) is 0 Å². The van der Waals surface area contributed by atoms with Crippen LogP contribution in [0, 0.1) is 0 Å². The van der Waals surface area contributed by atoms with Gasteiger partial charge < -0.3 is 4.42 Å². The van der Waals surface area contributed by atoms with E-state index in [1.807, 2.05) is 12.1 Å². The molecule has 0 spiro atoms. The third-order valence-electron chi connectivity index (χ3n) is 3.04. The van der Waals surface area contributed by atoms with E-state index in [9.17, 15) is 9.59 Å². The van der Waals surface area contributed by atoms with Crippen molar-refractivity contribution in [3.63, 3.8) is 0 Å². The van der Waals surface area contributed by atoms with Gasteiger partial charge in [0.2, 0.25) is 0 Å². The number of carbonyl (C=O) groups excluding carboxylic acids is 1. The third-order valence-corrected chi connectivity index (χ3v) is 3.26. The maximum Gasteiger partial charge on any atom is 0.344 e.